The van der Waals surface area contributed by atoms with Crippen LogP contribution < -0.4 is 10.1 Å². The Morgan fingerprint density at radius 3 is 2.89 bits per heavy atom. The van der Waals surface area contributed by atoms with Crippen molar-refractivity contribution in [3.05, 3.63) is 41.2 Å². The highest BCUT2D eigenvalue weighted by Gasteiger charge is 2.30. The topological polar surface area (TPSA) is 87.4 Å². The van der Waals surface area contributed by atoms with Gasteiger partial charge in [0, 0.05) is 24.5 Å². The molecule has 0 atom stereocenters. The molecule has 27 heavy (non-hydrogen) atoms. The maximum atomic E-state index is 12.2. The van der Waals surface area contributed by atoms with Crippen molar-refractivity contribution in [2.24, 2.45) is 10.9 Å². The van der Waals surface area contributed by atoms with E-state index < -0.39 is 0 Å². The smallest absolute Gasteiger partial charge is 0.160 e. The first kappa shape index (κ1) is 17.2. The Labute approximate surface area is 157 Å². The minimum Gasteiger partial charge on any atom is -0.493 e. The van der Waals surface area contributed by atoms with E-state index in [0.29, 0.717) is 29.8 Å². The molecule has 1 fully saturated rings. The molecular formula is C21H20N4O2. The van der Waals surface area contributed by atoms with E-state index in [1.165, 1.54) is 0 Å². The molecule has 136 valence electrons. The maximum Gasteiger partial charge on any atom is 0.160 e. The quantitative estimate of drug-likeness (QED) is 0.845. The summed E-state index contributed by atoms with van der Waals surface area (Å²) in [4.78, 5) is 21.5. The molecule has 1 aliphatic carbocycles. The Kier molecular flexibility index (Phi) is 4.36. The number of ether oxygens (including phenoxy) is 1. The summed E-state index contributed by atoms with van der Waals surface area (Å²) in [7, 11) is 1.54. The molecule has 0 amide bonds. The summed E-state index contributed by atoms with van der Waals surface area (Å²) in [5.74, 6) is 0.954. The second-order valence-electron chi connectivity index (χ2n) is 7.02. The number of hydrogen-bond donors (Lipinski definition) is 1. The highest BCUT2D eigenvalue weighted by atomic mass is 16.5. The number of anilines is 2. The Morgan fingerprint density at radius 1 is 1.37 bits per heavy atom. The van der Waals surface area contributed by atoms with Gasteiger partial charge in [0.1, 0.15) is 17.5 Å². The van der Waals surface area contributed by atoms with Crippen LogP contribution in [0.4, 0.5) is 17.1 Å². The molecular weight excluding hydrogens is 340 g/mol. The molecule has 1 aromatic heterocycles. The largest absolute Gasteiger partial charge is 0.493 e. The molecule has 0 unspecified atom stereocenters. The first-order valence-electron chi connectivity index (χ1n) is 9.03. The molecule has 1 N–H and O–H groups in total. The van der Waals surface area contributed by atoms with Crippen LogP contribution in [-0.2, 0) is 17.6 Å². The molecule has 1 aliphatic heterocycles. The number of aliphatic imine (C=N–C) groups is 1. The molecule has 0 bridgehead atoms. The Balaban J connectivity index is 1.72. The van der Waals surface area contributed by atoms with Crippen LogP contribution in [0.25, 0.3) is 0 Å². The minimum absolute atomic E-state index is 0.210. The van der Waals surface area contributed by atoms with E-state index >= 15 is 0 Å². The molecule has 2 aromatic rings. The third-order valence-corrected chi connectivity index (χ3v) is 4.84. The number of Topliss-reactive ketones (excluding diaryl/α,β-unsaturated/α-hetero) is 1. The van der Waals surface area contributed by atoms with Crippen LogP contribution in [0.3, 0.4) is 0 Å². The van der Waals surface area contributed by atoms with E-state index in [-0.39, 0.29) is 11.7 Å². The minimum atomic E-state index is 0.210. The van der Waals surface area contributed by atoms with Crippen molar-refractivity contribution in [1.82, 2.24) is 4.98 Å². The number of nitrogens with zero attached hydrogens (tertiary/aromatic N) is 3. The zero-order valence-electron chi connectivity index (χ0n) is 15.4. The summed E-state index contributed by atoms with van der Waals surface area (Å²) in [6.45, 7) is 1.97. The first-order chi connectivity index (χ1) is 13.1. The molecule has 1 aromatic carbocycles. The van der Waals surface area contributed by atoms with Gasteiger partial charge in [0.25, 0.3) is 0 Å². The molecule has 0 saturated heterocycles. The zero-order valence-corrected chi connectivity index (χ0v) is 15.4. The first-order valence-corrected chi connectivity index (χ1v) is 9.03. The number of pyridine rings is 1. The average Bonchev–Trinajstić information content (AvgIpc) is 3.43. The van der Waals surface area contributed by atoms with Crippen molar-refractivity contribution in [1.29, 1.82) is 5.26 Å². The predicted molar refractivity (Wildman–Crippen MR) is 103 cm³/mol. The van der Waals surface area contributed by atoms with Crippen LogP contribution >= 0.6 is 0 Å². The summed E-state index contributed by atoms with van der Waals surface area (Å²) in [6.07, 6.45) is 3.02. The number of para-hydroxylation sites is 1. The Hall–Kier alpha value is -3.20. The lowest BCUT2D eigenvalue weighted by atomic mass is 10.1. The van der Waals surface area contributed by atoms with Crippen molar-refractivity contribution in [3.63, 3.8) is 0 Å². The van der Waals surface area contributed by atoms with Crippen molar-refractivity contribution < 1.29 is 9.53 Å². The fourth-order valence-corrected chi connectivity index (χ4v) is 3.37. The third-order valence-electron chi connectivity index (χ3n) is 4.84. The van der Waals surface area contributed by atoms with Gasteiger partial charge in [0.05, 0.1) is 35.4 Å². The maximum absolute atomic E-state index is 12.2. The molecule has 4 rings (SSSR count). The fourth-order valence-electron chi connectivity index (χ4n) is 3.37. The van der Waals surface area contributed by atoms with Gasteiger partial charge >= 0.3 is 0 Å². The molecule has 0 spiro atoms. The Bertz CT molecular complexity index is 1000. The van der Waals surface area contributed by atoms with E-state index in [9.17, 15) is 10.1 Å². The van der Waals surface area contributed by atoms with Gasteiger partial charge in [-0.15, -0.1) is 0 Å². The van der Waals surface area contributed by atoms with Crippen LogP contribution in [-0.4, -0.2) is 23.6 Å². The number of fused-ring (bicyclic) bond motifs is 1. The lowest BCUT2D eigenvalue weighted by Gasteiger charge is -2.15. The van der Waals surface area contributed by atoms with Crippen molar-refractivity contribution in [2.75, 3.05) is 12.4 Å². The summed E-state index contributed by atoms with van der Waals surface area (Å²) in [6, 6.07) is 9.40. The van der Waals surface area contributed by atoms with Crippen LogP contribution in [0.5, 0.6) is 5.75 Å². The van der Waals surface area contributed by atoms with Crippen molar-refractivity contribution in [2.45, 2.75) is 32.6 Å². The van der Waals surface area contributed by atoms with Gasteiger partial charge in [-0.05, 0) is 38.0 Å². The van der Waals surface area contributed by atoms with Gasteiger partial charge in [0.2, 0.25) is 0 Å². The third kappa shape index (κ3) is 3.41. The lowest BCUT2D eigenvalue weighted by molar-refractivity contribution is -0.119. The predicted octanol–water partition coefficient (Wildman–Crippen LogP) is 3.88. The van der Waals surface area contributed by atoms with Gasteiger partial charge in [-0.2, -0.15) is 5.26 Å². The summed E-state index contributed by atoms with van der Waals surface area (Å²) < 4.78 is 5.42. The second kappa shape index (κ2) is 6.84. The van der Waals surface area contributed by atoms with Gasteiger partial charge in [-0.3, -0.25) is 14.8 Å². The SMILES string of the molecule is COc1c(C#N)cccc1Nc1cc(CC(=O)C2CC2)nc2c1N=C(C)C2. The number of benzene rings is 1. The zero-order chi connectivity index (χ0) is 19.0. The number of hydrogen-bond acceptors (Lipinski definition) is 6. The highest BCUT2D eigenvalue weighted by Crippen LogP contribution is 2.39. The fraction of sp³-hybridized carbons (Fsp3) is 0.333. The van der Waals surface area contributed by atoms with Gasteiger partial charge < -0.3 is 10.1 Å². The number of aromatic nitrogens is 1. The summed E-state index contributed by atoms with van der Waals surface area (Å²) >= 11 is 0. The molecule has 6 nitrogen and oxygen atoms in total. The van der Waals surface area contributed by atoms with E-state index in [0.717, 1.165) is 41.3 Å². The van der Waals surface area contributed by atoms with E-state index in [2.05, 4.69) is 21.4 Å². The molecule has 2 heterocycles. The Morgan fingerprint density at radius 2 is 2.19 bits per heavy atom. The lowest BCUT2D eigenvalue weighted by Crippen LogP contribution is -2.08. The van der Waals surface area contributed by atoms with E-state index in [4.69, 9.17) is 4.74 Å². The monoisotopic (exact) mass is 360 g/mol. The van der Waals surface area contributed by atoms with Crippen molar-refractivity contribution >= 4 is 28.6 Å². The number of nitriles is 1. The van der Waals surface area contributed by atoms with Gasteiger partial charge in [0.15, 0.2) is 5.75 Å². The average molecular weight is 360 g/mol. The van der Waals surface area contributed by atoms with Gasteiger partial charge in [-0.1, -0.05) is 6.07 Å². The van der Waals surface area contributed by atoms with Crippen LogP contribution in [0.1, 0.15) is 36.7 Å². The number of ketones is 1. The van der Waals surface area contributed by atoms with Crippen LogP contribution in [0, 0.1) is 17.2 Å². The standard InChI is InChI=1S/C21H20N4O2/c1-12-8-17-20(23-12)18(9-15(24-17)10-19(26)13-6-7-13)25-16-5-3-4-14(11-22)21(16)27-2/h3-5,9,13H,6-8,10H2,1-2H3,(H,24,25). The van der Waals surface area contributed by atoms with E-state index in [1.807, 2.05) is 19.1 Å². The molecule has 6 heteroatoms. The summed E-state index contributed by atoms with van der Waals surface area (Å²) in [5.41, 5.74) is 5.34. The highest BCUT2D eigenvalue weighted by molar-refractivity contribution is 5.95. The number of carbonyl (C=O) groups is 1. The molecule has 0 radical (unpaired) electrons. The number of nitrogens with one attached hydrogen (secondary N) is 1. The second-order valence-corrected chi connectivity index (χ2v) is 7.02. The normalized spacial score (nSPS) is 14.9. The summed E-state index contributed by atoms with van der Waals surface area (Å²) in [5, 5.41) is 12.6. The van der Waals surface area contributed by atoms with Crippen LogP contribution in [0.2, 0.25) is 0 Å². The van der Waals surface area contributed by atoms with Crippen molar-refractivity contribution in [3.8, 4) is 11.8 Å². The van der Waals surface area contributed by atoms with Crippen LogP contribution in [0.15, 0.2) is 29.3 Å². The van der Waals surface area contributed by atoms with Gasteiger partial charge in [-0.25, -0.2) is 0 Å². The number of carbonyl (C=O) groups excluding carboxylic acids is 1. The molecule has 2 aliphatic rings. The number of rotatable bonds is 6. The number of methoxy groups -OCH3 is 1. The molecule has 1 saturated carbocycles. The van der Waals surface area contributed by atoms with E-state index in [1.54, 1.807) is 19.2 Å².